The second kappa shape index (κ2) is 8.28. The summed E-state index contributed by atoms with van der Waals surface area (Å²) in [5.41, 5.74) is 2.86. The summed E-state index contributed by atoms with van der Waals surface area (Å²) in [6.07, 6.45) is 1.42. The van der Waals surface area contributed by atoms with Crippen LogP contribution in [0.3, 0.4) is 0 Å². The fourth-order valence-corrected chi connectivity index (χ4v) is 3.07. The lowest BCUT2D eigenvalue weighted by Gasteiger charge is -2.09. The van der Waals surface area contributed by atoms with Crippen molar-refractivity contribution in [1.82, 2.24) is 15.4 Å². The lowest BCUT2D eigenvalue weighted by molar-refractivity contribution is 0.0949. The molecule has 2 aromatic heterocycles. The monoisotopic (exact) mass is 384 g/mol. The van der Waals surface area contributed by atoms with Gasteiger partial charge in [-0.05, 0) is 29.6 Å². The first-order valence-corrected chi connectivity index (χ1v) is 8.70. The molecule has 0 atom stereocenters. The third-order valence-corrected chi connectivity index (χ3v) is 4.47. The number of H-pyrrole nitrogens is 1. The molecule has 0 aliphatic carbocycles. The lowest BCUT2D eigenvalue weighted by atomic mass is 10.2. The number of hydrogen-bond acceptors (Lipinski definition) is 7. The van der Waals surface area contributed by atoms with Crippen LogP contribution >= 0.6 is 11.3 Å². The molecule has 0 aliphatic heterocycles. The normalized spacial score (nSPS) is 10.7. The maximum Gasteiger partial charge on any atom is 0.346 e. The molecular weight excluding hydrogens is 368 g/mol. The molecule has 0 radical (unpaired) electrons. The number of ether oxygens (including phenoxy) is 2. The summed E-state index contributed by atoms with van der Waals surface area (Å²) in [5, 5.41) is 5.79. The van der Waals surface area contributed by atoms with Gasteiger partial charge in [-0.3, -0.25) is 4.79 Å². The van der Waals surface area contributed by atoms with Gasteiger partial charge in [0.15, 0.2) is 11.5 Å². The lowest BCUT2D eigenvalue weighted by Crippen LogP contribution is -2.24. The third kappa shape index (κ3) is 4.21. The number of para-hydroxylation sites is 1. The molecule has 1 amide bonds. The number of benzene rings is 1. The van der Waals surface area contributed by atoms with Gasteiger partial charge in [-0.2, -0.15) is 10.1 Å². The van der Waals surface area contributed by atoms with Crippen LogP contribution < -0.4 is 20.6 Å². The van der Waals surface area contributed by atoms with Gasteiger partial charge < -0.3 is 14.5 Å². The Morgan fingerprint density at radius 3 is 2.81 bits per heavy atom. The fraction of sp³-hybridized carbons (Fsp3) is 0.111. The van der Waals surface area contributed by atoms with Crippen LogP contribution in [0.4, 0.5) is 0 Å². The second-order valence-corrected chi connectivity index (χ2v) is 6.19. The van der Waals surface area contributed by atoms with Crippen LogP contribution in [0.1, 0.15) is 16.1 Å². The minimum atomic E-state index is -0.607. The molecule has 27 heavy (non-hydrogen) atoms. The van der Waals surface area contributed by atoms with Crippen molar-refractivity contribution in [2.24, 2.45) is 5.10 Å². The molecule has 2 N–H and O–H groups in total. The van der Waals surface area contributed by atoms with E-state index in [4.69, 9.17) is 9.47 Å². The van der Waals surface area contributed by atoms with Gasteiger partial charge >= 0.3 is 5.69 Å². The Labute approximate surface area is 158 Å². The van der Waals surface area contributed by atoms with Crippen LogP contribution in [0.15, 0.2) is 51.7 Å². The number of aromatic amines is 1. The summed E-state index contributed by atoms with van der Waals surface area (Å²) >= 11 is 1.44. The molecule has 3 rings (SSSR count). The average Bonchev–Trinajstić information content (AvgIpc) is 3.22. The number of nitrogens with one attached hydrogen (secondary N) is 2. The molecule has 0 aliphatic rings. The summed E-state index contributed by atoms with van der Waals surface area (Å²) in [4.78, 5) is 31.2. The largest absolute Gasteiger partial charge is 0.493 e. The average molecular weight is 384 g/mol. The summed E-state index contributed by atoms with van der Waals surface area (Å²) < 4.78 is 10.5. The maximum absolute atomic E-state index is 12.3. The zero-order valence-corrected chi connectivity index (χ0v) is 15.4. The molecule has 0 saturated carbocycles. The number of hydrazone groups is 1. The van der Waals surface area contributed by atoms with Gasteiger partial charge in [0.05, 0.1) is 31.0 Å². The molecule has 0 saturated heterocycles. The summed E-state index contributed by atoms with van der Waals surface area (Å²) in [6.45, 7) is 0. The van der Waals surface area contributed by atoms with Gasteiger partial charge in [-0.15, -0.1) is 11.3 Å². The highest BCUT2D eigenvalue weighted by Gasteiger charge is 2.12. The van der Waals surface area contributed by atoms with Crippen LogP contribution in [-0.4, -0.2) is 36.3 Å². The van der Waals surface area contributed by atoms with Crippen LogP contribution in [0.2, 0.25) is 0 Å². The third-order valence-electron chi connectivity index (χ3n) is 3.57. The first kappa shape index (κ1) is 18.3. The Balaban J connectivity index is 1.79. The van der Waals surface area contributed by atoms with E-state index < -0.39 is 11.6 Å². The molecule has 2 heterocycles. The van der Waals surface area contributed by atoms with E-state index in [1.54, 1.807) is 18.2 Å². The predicted molar refractivity (Wildman–Crippen MR) is 103 cm³/mol. The van der Waals surface area contributed by atoms with Crippen LogP contribution in [0, 0.1) is 0 Å². The maximum atomic E-state index is 12.3. The van der Waals surface area contributed by atoms with Crippen molar-refractivity contribution in [3.05, 3.63) is 63.5 Å². The van der Waals surface area contributed by atoms with Crippen LogP contribution in [0.5, 0.6) is 11.5 Å². The van der Waals surface area contributed by atoms with Crippen molar-refractivity contribution in [1.29, 1.82) is 0 Å². The highest BCUT2D eigenvalue weighted by molar-refractivity contribution is 7.13. The number of methoxy groups -OCH3 is 2. The summed E-state index contributed by atoms with van der Waals surface area (Å²) in [6, 6.07) is 10.5. The van der Waals surface area contributed by atoms with Gasteiger partial charge in [0, 0.05) is 5.56 Å². The number of amides is 1. The summed E-state index contributed by atoms with van der Waals surface area (Å²) in [5.74, 6) is 0.439. The van der Waals surface area contributed by atoms with Crippen molar-refractivity contribution >= 4 is 23.5 Å². The minimum Gasteiger partial charge on any atom is -0.493 e. The molecule has 0 fully saturated rings. The van der Waals surface area contributed by atoms with E-state index in [0.29, 0.717) is 22.8 Å². The number of rotatable bonds is 6. The van der Waals surface area contributed by atoms with E-state index in [1.807, 2.05) is 17.5 Å². The predicted octanol–water partition coefficient (Wildman–Crippen LogP) is 2.28. The van der Waals surface area contributed by atoms with Gasteiger partial charge in [0.2, 0.25) is 0 Å². The second-order valence-electron chi connectivity index (χ2n) is 5.24. The van der Waals surface area contributed by atoms with Gasteiger partial charge in [-0.1, -0.05) is 12.1 Å². The number of aromatic nitrogens is 2. The zero-order chi connectivity index (χ0) is 19.2. The number of carbonyl (C=O) groups excluding carboxylic acids is 1. The molecule has 1 aromatic carbocycles. The number of nitrogens with zero attached hydrogens (tertiary/aromatic N) is 2. The molecule has 0 unspecified atom stereocenters. The van der Waals surface area contributed by atoms with E-state index in [0.717, 1.165) is 4.88 Å². The standard InChI is InChI=1S/C18H16N4O4S/c1-25-14-6-3-5-11(16(14)26-2)10-19-22-17(23)13-9-12(20-18(24)21-13)15-7-4-8-27-15/h3-10H,1-2H3,(H,22,23)(H,20,21,24)/b19-10+. The number of hydrogen-bond donors (Lipinski definition) is 2. The molecule has 0 spiro atoms. The molecule has 0 bridgehead atoms. The molecule has 8 nitrogen and oxygen atoms in total. The van der Waals surface area contributed by atoms with Gasteiger partial charge in [0.1, 0.15) is 5.69 Å². The van der Waals surface area contributed by atoms with Gasteiger partial charge in [-0.25, -0.2) is 10.2 Å². The highest BCUT2D eigenvalue weighted by Crippen LogP contribution is 2.29. The van der Waals surface area contributed by atoms with E-state index in [1.165, 1.54) is 37.8 Å². The Morgan fingerprint density at radius 2 is 2.11 bits per heavy atom. The Hall–Kier alpha value is -3.46. The number of thiophene rings is 1. The number of carbonyl (C=O) groups is 1. The van der Waals surface area contributed by atoms with Crippen LogP contribution in [0.25, 0.3) is 10.6 Å². The van der Waals surface area contributed by atoms with Crippen LogP contribution in [-0.2, 0) is 0 Å². The van der Waals surface area contributed by atoms with Crippen molar-refractivity contribution < 1.29 is 14.3 Å². The van der Waals surface area contributed by atoms with E-state index in [2.05, 4.69) is 20.5 Å². The SMILES string of the molecule is COc1cccc(/C=N/NC(=O)c2cc(-c3cccs3)[nH]c(=O)n2)c1OC. The smallest absolute Gasteiger partial charge is 0.346 e. The zero-order valence-electron chi connectivity index (χ0n) is 14.6. The molecule has 3 aromatic rings. The minimum absolute atomic E-state index is 0.0306. The van der Waals surface area contributed by atoms with E-state index in [-0.39, 0.29) is 5.69 Å². The molecule has 9 heteroatoms. The van der Waals surface area contributed by atoms with Crippen molar-refractivity contribution in [3.63, 3.8) is 0 Å². The fourth-order valence-electron chi connectivity index (χ4n) is 2.37. The topological polar surface area (TPSA) is 106 Å². The quantitative estimate of drug-likeness (QED) is 0.501. The summed E-state index contributed by atoms with van der Waals surface area (Å²) in [7, 11) is 3.05. The first-order valence-electron chi connectivity index (χ1n) is 7.82. The first-order chi connectivity index (χ1) is 13.1. The Bertz CT molecular complexity index is 1030. The Kier molecular flexibility index (Phi) is 5.62. The van der Waals surface area contributed by atoms with Crippen molar-refractivity contribution in [2.45, 2.75) is 0 Å². The van der Waals surface area contributed by atoms with Gasteiger partial charge in [0.25, 0.3) is 5.91 Å². The van der Waals surface area contributed by atoms with E-state index >= 15 is 0 Å². The molecule has 138 valence electrons. The Morgan fingerprint density at radius 1 is 1.26 bits per heavy atom. The highest BCUT2D eigenvalue weighted by atomic mass is 32.1. The molecular formula is C18H16N4O4S. The van der Waals surface area contributed by atoms with Crippen molar-refractivity contribution in [2.75, 3.05) is 14.2 Å². The van der Waals surface area contributed by atoms with E-state index in [9.17, 15) is 9.59 Å². The van der Waals surface area contributed by atoms with Crippen molar-refractivity contribution in [3.8, 4) is 22.1 Å².